The molecule has 0 aliphatic rings. The maximum Gasteiger partial charge on any atom is 0.325 e. The molecule has 0 bridgehead atoms. The van der Waals surface area contributed by atoms with Gasteiger partial charge in [-0.2, -0.15) is 0 Å². The maximum atomic E-state index is 12.3. The predicted molar refractivity (Wildman–Crippen MR) is 116 cm³/mol. The fourth-order valence-electron chi connectivity index (χ4n) is 3.19. The van der Waals surface area contributed by atoms with Crippen molar-refractivity contribution in [2.24, 2.45) is 0 Å². The first-order chi connectivity index (χ1) is 15.0. The molecule has 8 heteroatoms. The van der Waals surface area contributed by atoms with Gasteiger partial charge in [-0.15, -0.1) is 0 Å². The van der Waals surface area contributed by atoms with Crippen LogP contribution in [0.1, 0.15) is 55.7 Å². The lowest BCUT2D eigenvalue weighted by molar-refractivity contribution is -0.139. The van der Waals surface area contributed by atoms with E-state index in [0.717, 1.165) is 18.4 Å². The Bertz CT molecular complexity index is 857. The molecule has 8 nitrogen and oxygen atoms in total. The zero-order chi connectivity index (χ0) is 22.5. The van der Waals surface area contributed by atoms with E-state index < -0.39 is 17.9 Å². The molecule has 0 fully saturated rings. The van der Waals surface area contributed by atoms with Crippen LogP contribution in [0.15, 0.2) is 54.6 Å². The number of hydrogen-bond donors (Lipinski definition) is 5. The predicted octanol–water partition coefficient (Wildman–Crippen LogP) is 3.39. The monoisotopic (exact) mass is 427 g/mol. The number of hydrogen-bond acceptors (Lipinski definition) is 5. The average molecular weight is 428 g/mol. The molecule has 0 aliphatic heterocycles. The van der Waals surface area contributed by atoms with Gasteiger partial charge >= 0.3 is 5.97 Å². The Balaban J connectivity index is 1.83. The summed E-state index contributed by atoms with van der Waals surface area (Å²) in [5, 5.41) is 23.9. The summed E-state index contributed by atoms with van der Waals surface area (Å²) in [5.74, 6) is -1.48. The van der Waals surface area contributed by atoms with Gasteiger partial charge in [-0.3, -0.25) is 24.9 Å². The lowest BCUT2D eigenvalue weighted by atomic mass is 10.1. The minimum atomic E-state index is -0.968. The van der Waals surface area contributed by atoms with Gasteiger partial charge in [0.1, 0.15) is 6.04 Å². The van der Waals surface area contributed by atoms with Crippen molar-refractivity contribution in [2.75, 3.05) is 5.32 Å². The molecule has 0 saturated carbocycles. The molecule has 0 saturated heterocycles. The van der Waals surface area contributed by atoms with Crippen LogP contribution in [0.25, 0.3) is 0 Å². The van der Waals surface area contributed by atoms with Crippen LogP contribution in [0.5, 0.6) is 0 Å². The van der Waals surface area contributed by atoms with Crippen molar-refractivity contribution in [3.8, 4) is 0 Å². The van der Waals surface area contributed by atoms with Crippen LogP contribution in [-0.4, -0.2) is 28.1 Å². The number of carbonyl (C=O) groups excluding carboxylic acids is 2. The normalized spacial score (nSPS) is 11.5. The first-order valence-corrected chi connectivity index (χ1v) is 10.3. The number of carbonyl (C=O) groups is 3. The van der Waals surface area contributed by atoms with E-state index >= 15 is 0 Å². The number of anilines is 1. The molecule has 2 aromatic rings. The van der Waals surface area contributed by atoms with Crippen molar-refractivity contribution in [3.05, 3.63) is 65.7 Å². The molecule has 5 N–H and O–H groups in total. The maximum absolute atomic E-state index is 12.3. The highest BCUT2D eigenvalue weighted by molar-refractivity contribution is 5.91. The van der Waals surface area contributed by atoms with Crippen molar-refractivity contribution in [1.29, 1.82) is 0 Å². The molecular formula is C23H29N3O5. The summed E-state index contributed by atoms with van der Waals surface area (Å²) >= 11 is 0. The smallest absolute Gasteiger partial charge is 0.325 e. The van der Waals surface area contributed by atoms with E-state index in [9.17, 15) is 19.5 Å². The molecule has 0 heterocycles. The molecular weight excluding hydrogens is 398 g/mol. The Kier molecular flexibility index (Phi) is 10.2. The summed E-state index contributed by atoms with van der Waals surface area (Å²) in [6.45, 7) is 0.287. The van der Waals surface area contributed by atoms with Gasteiger partial charge in [0.15, 0.2) is 0 Å². The van der Waals surface area contributed by atoms with Crippen LogP contribution in [0, 0.1) is 0 Å². The second kappa shape index (κ2) is 13.1. The zero-order valence-electron chi connectivity index (χ0n) is 17.3. The number of hydroxylamine groups is 1. The van der Waals surface area contributed by atoms with E-state index in [0.29, 0.717) is 30.5 Å². The molecule has 0 spiro atoms. The molecule has 166 valence electrons. The molecule has 1 atom stereocenters. The SMILES string of the molecule is O=C(CCCCCCC(=O)Nc1ccccc1CNC(C(=O)O)c1ccccc1)NO. The topological polar surface area (TPSA) is 128 Å². The third-order valence-corrected chi connectivity index (χ3v) is 4.85. The van der Waals surface area contributed by atoms with Crippen molar-refractivity contribution in [3.63, 3.8) is 0 Å². The van der Waals surface area contributed by atoms with Gasteiger partial charge in [0.25, 0.3) is 0 Å². The lowest BCUT2D eigenvalue weighted by Crippen LogP contribution is -2.28. The second-order valence-electron chi connectivity index (χ2n) is 7.22. The fraction of sp³-hybridized carbons (Fsp3) is 0.348. The highest BCUT2D eigenvalue weighted by Gasteiger charge is 2.19. The van der Waals surface area contributed by atoms with Crippen LogP contribution in [0.2, 0.25) is 0 Å². The molecule has 0 aromatic heterocycles. The molecule has 2 aromatic carbocycles. The molecule has 0 radical (unpaired) electrons. The number of amides is 2. The van der Waals surface area contributed by atoms with Crippen molar-refractivity contribution in [2.45, 2.75) is 51.1 Å². The number of aliphatic carboxylic acids is 1. The van der Waals surface area contributed by atoms with E-state index in [-0.39, 0.29) is 18.9 Å². The van der Waals surface area contributed by atoms with Crippen molar-refractivity contribution >= 4 is 23.5 Å². The number of para-hydroxylation sites is 1. The molecule has 1 unspecified atom stereocenters. The van der Waals surface area contributed by atoms with Crippen molar-refractivity contribution < 1.29 is 24.7 Å². The Morgan fingerprint density at radius 1 is 0.806 bits per heavy atom. The van der Waals surface area contributed by atoms with Crippen LogP contribution >= 0.6 is 0 Å². The highest BCUT2D eigenvalue weighted by atomic mass is 16.5. The average Bonchev–Trinajstić information content (AvgIpc) is 2.77. The Morgan fingerprint density at radius 2 is 1.42 bits per heavy atom. The second-order valence-corrected chi connectivity index (χ2v) is 7.22. The first-order valence-electron chi connectivity index (χ1n) is 10.3. The third-order valence-electron chi connectivity index (χ3n) is 4.85. The van der Waals surface area contributed by atoms with Gasteiger partial charge in [-0.05, 0) is 30.0 Å². The van der Waals surface area contributed by atoms with E-state index in [2.05, 4.69) is 10.6 Å². The molecule has 2 amide bonds. The molecule has 0 aliphatic carbocycles. The number of carboxylic acids is 1. The largest absolute Gasteiger partial charge is 0.480 e. The summed E-state index contributed by atoms with van der Waals surface area (Å²) < 4.78 is 0. The van der Waals surface area contributed by atoms with E-state index in [4.69, 9.17) is 5.21 Å². The van der Waals surface area contributed by atoms with Crippen LogP contribution in [0.4, 0.5) is 5.69 Å². The Morgan fingerprint density at radius 3 is 2.06 bits per heavy atom. The Hall–Kier alpha value is -3.23. The minimum Gasteiger partial charge on any atom is -0.480 e. The third kappa shape index (κ3) is 8.57. The molecule has 31 heavy (non-hydrogen) atoms. The highest BCUT2D eigenvalue weighted by Crippen LogP contribution is 2.19. The van der Waals surface area contributed by atoms with E-state index in [1.54, 1.807) is 35.8 Å². The minimum absolute atomic E-state index is 0.113. The number of benzene rings is 2. The Labute approximate surface area is 181 Å². The van der Waals surface area contributed by atoms with Gasteiger partial charge in [-0.25, -0.2) is 5.48 Å². The number of rotatable bonds is 13. The van der Waals surface area contributed by atoms with Crippen LogP contribution in [-0.2, 0) is 20.9 Å². The summed E-state index contributed by atoms with van der Waals surface area (Å²) in [5.41, 5.74) is 3.71. The zero-order valence-corrected chi connectivity index (χ0v) is 17.3. The number of carboxylic acid groups (broad SMARTS) is 1. The fourth-order valence-corrected chi connectivity index (χ4v) is 3.19. The van der Waals surface area contributed by atoms with Gasteiger partial charge < -0.3 is 10.4 Å². The first kappa shape index (κ1) is 24.0. The number of unbranched alkanes of at least 4 members (excludes halogenated alkanes) is 3. The summed E-state index contributed by atoms with van der Waals surface area (Å²) in [6.07, 6.45) is 3.60. The summed E-state index contributed by atoms with van der Waals surface area (Å²) in [6, 6.07) is 15.4. The summed E-state index contributed by atoms with van der Waals surface area (Å²) in [4.78, 5) is 34.9. The van der Waals surface area contributed by atoms with Gasteiger partial charge in [0, 0.05) is 25.1 Å². The van der Waals surface area contributed by atoms with E-state index in [1.807, 2.05) is 24.3 Å². The standard InChI is InChI=1S/C23H29N3O5/c27-20(14-6-1-2-7-15-21(28)26-31)25-19-13-9-8-12-18(19)16-24-22(23(29)30)17-10-4-3-5-11-17/h3-5,8-13,22,24,31H,1-2,6-7,14-16H2,(H,25,27)(H,26,28)(H,29,30). The lowest BCUT2D eigenvalue weighted by Gasteiger charge is -2.17. The quantitative estimate of drug-likeness (QED) is 0.189. The number of nitrogens with one attached hydrogen (secondary N) is 3. The van der Waals surface area contributed by atoms with Gasteiger partial charge in [0.05, 0.1) is 0 Å². The van der Waals surface area contributed by atoms with E-state index in [1.165, 1.54) is 0 Å². The van der Waals surface area contributed by atoms with Gasteiger partial charge in [0.2, 0.25) is 11.8 Å². The van der Waals surface area contributed by atoms with Crippen molar-refractivity contribution in [1.82, 2.24) is 10.8 Å². The van der Waals surface area contributed by atoms with Gasteiger partial charge in [-0.1, -0.05) is 61.4 Å². The van der Waals surface area contributed by atoms with Crippen LogP contribution in [0.3, 0.4) is 0 Å². The van der Waals surface area contributed by atoms with Crippen LogP contribution < -0.4 is 16.1 Å². The summed E-state index contributed by atoms with van der Waals surface area (Å²) in [7, 11) is 0. The molecule has 2 rings (SSSR count).